The number of pyridine rings is 1. The van der Waals surface area contributed by atoms with Crippen LogP contribution < -0.4 is 11.3 Å². The lowest BCUT2D eigenvalue weighted by molar-refractivity contribution is -0.140. The zero-order valence-corrected chi connectivity index (χ0v) is 13.5. The van der Waals surface area contributed by atoms with Gasteiger partial charge < -0.3 is 10.5 Å². The molecule has 25 heavy (non-hydrogen) atoms. The molecule has 0 spiro atoms. The fraction of sp³-hybridized carbons (Fsp3) is 0.353. The number of nitrogens with two attached hydrogens (primary N) is 1. The number of hydrogen-bond acceptors (Lipinski definition) is 6. The van der Waals surface area contributed by atoms with Crippen molar-refractivity contribution < 1.29 is 14.3 Å². The second-order valence-electron chi connectivity index (χ2n) is 6.04. The molecule has 2 heterocycles. The predicted molar refractivity (Wildman–Crippen MR) is 88.5 cm³/mol. The molecule has 1 aliphatic rings. The van der Waals surface area contributed by atoms with Gasteiger partial charge in [0.25, 0.3) is 11.5 Å². The van der Waals surface area contributed by atoms with Crippen LogP contribution in [-0.4, -0.2) is 32.7 Å². The standard InChI is InChI=1S/C17H18N4O4/c18-16(24)17(6-2-1-3-7-17)25-15(23)12-10-13(20-21-14(12)22)11-4-8-19-9-5-11/h4-5,8-10H,1-3,6-7H2,(H2,18,24)(H,21,22). The second kappa shape index (κ2) is 6.84. The predicted octanol–water partition coefficient (Wildman–Crippen LogP) is 1.18. The minimum atomic E-state index is -1.35. The highest BCUT2D eigenvalue weighted by Crippen LogP contribution is 2.32. The Morgan fingerprint density at radius 1 is 1.16 bits per heavy atom. The van der Waals surface area contributed by atoms with Crippen LogP contribution in [0.5, 0.6) is 0 Å². The molecule has 3 N–H and O–H groups in total. The molecule has 0 saturated heterocycles. The average Bonchev–Trinajstić information content (AvgIpc) is 2.63. The van der Waals surface area contributed by atoms with Crippen LogP contribution in [0.2, 0.25) is 0 Å². The summed E-state index contributed by atoms with van der Waals surface area (Å²) in [5.74, 6) is -1.56. The van der Waals surface area contributed by atoms with Crippen molar-refractivity contribution in [1.82, 2.24) is 15.2 Å². The number of amides is 1. The molecule has 8 nitrogen and oxygen atoms in total. The molecular formula is C17H18N4O4. The summed E-state index contributed by atoms with van der Waals surface area (Å²) >= 11 is 0. The summed E-state index contributed by atoms with van der Waals surface area (Å²) in [6.07, 6.45) is 6.32. The van der Waals surface area contributed by atoms with Gasteiger partial charge in [0, 0.05) is 18.0 Å². The normalized spacial score (nSPS) is 16.2. The summed E-state index contributed by atoms with van der Waals surface area (Å²) in [6.45, 7) is 0. The molecule has 1 fully saturated rings. The van der Waals surface area contributed by atoms with Gasteiger partial charge in [0.15, 0.2) is 5.60 Å². The van der Waals surface area contributed by atoms with E-state index in [0.29, 0.717) is 24.1 Å². The molecule has 0 atom stereocenters. The fourth-order valence-electron chi connectivity index (χ4n) is 2.98. The molecule has 1 aliphatic carbocycles. The van der Waals surface area contributed by atoms with E-state index in [1.54, 1.807) is 24.5 Å². The highest BCUT2D eigenvalue weighted by atomic mass is 16.6. The summed E-state index contributed by atoms with van der Waals surface area (Å²) in [7, 11) is 0. The lowest BCUT2D eigenvalue weighted by Gasteiger charge is -2.33. The third-order valence-electron chi connectivity index (χ3n) is 4.40. The van der Waals surface area contributed by atoms with Crippen molar-refractivity contribution in [3.63, 3.8) is 0 Å². The number of aromatic nitrogens is 3. The number of nitrogens with zero attached hydrogens (tertiary/aromatic N) is 2. The summed E-state index contributed by atoms with van der Waals surface area (Å²) in [5.41, 5.74) is 4.30. The van der Waals surface area contributed by atoms with Crippen molar-refractivity contribution >= 4 is 11.9 Å². The lowest BCUT2D eigenvalue weighted by atomic mass is 9.84. The van der Waals surface area contributed by atoms with E-state index >= 15 is 0 Å². The SMILES string of the molecule is NC(=O)C1(OC(=O)c2cc(-c3ccncc3)n[nH]c2=O)CCCCC1. The van der Waals surface area contributed by atoms with Crippen molar-refractivity contribution in [2.75, 3.05) is 0 Å². The number of esters is 1. The van der Waals surface area contributed by atoms with Gasteiger partial charge in [-0.2, -0.15) is 5.10 Å². The molecule has 1 saturated carbocycles. The molecule has 2 aromatic rings. The first kappa shape index (κ1) is 16.8. The number of ether oxygens (including phenoxy) is 1. The maximum absolute atomic E-state index is 12.5. The van der Waals surface area contributed by atoms with Gasteiger partial charge in [-0.3, -0.25) is 14.6 Å². The maximum atomic E-state index is 12.5. The molecule has 130 valence electrons. The highest BCUT2D eigenvalue weighted by molar-refractivity contribution is 5.94. The van der Waals surface area contributed by atoms with Gasteiger partial charge in [-0.15, -0.1) is 0 Å². The topological polar surface area (TPSA) is 128 Å². The van der Waals surface area contributed by atoms with Crippen LogP contribution in [0.4, 0.5) is 0 Å². The van der Waals surface area contributed by atoms with Gasteiger partial charge in [-0.1, -0.05) is 6.42 Å². The Labute approximate surface area is 143 Å². The van der Waals surface area contributed by atoms with Crippen molar-refractivity contribution in [2.24, 2.45) is 5.73 Å². The number of hydrogen-bond donors (Lipinski definition) is 2. The van der Waals surface area contributed by atoms with Gasteiger partial charge in [-0.25, -0.2) is 9.89 Å². The number of carbonyl (C=O) groups is 2. The van der Waals surface area contributed by atoms with Crippen LogP contribution >= 0.6 is 0 Å². The Bertz CT molecular complexity index is 841. The largest absolute Gasteiger partial charge is 0.445 e. The Morgan fingerprint density at radius 3 is 2.48 bits per heavy atom. The van der Waals surface area contributed by atoms with E-state index in [4.69, 9.17) is 10.5 Å². The molecule has 1 amide bonds. The summed E-state index contributed by atoms with van der Waals surface area (Å²) in [5, 5.41) is 6.21. The van der Waals surface area contributed by atoms with Gasteiger partial charge in [0.2, 0.25) is 0 Å². The van der Waals surface area contributed by atoms with Crippen LogP contribution in [0.1, 0.15) is 42.5 Å². The van der Waals surface area contributed by atoms with Gasteiger partial charge in [-0.05, 0) is 43.9 Å². The first-order valence-electron chi connectivity index (χ1n) is 8.05. The Balaban J connectivity index is 1.91. The summed E-state index contributed by atoms with van der Waals surface area (Å²) in [4.78, 5) is 40.3. The Kier molecular flexibility index (Phi) is 4.60. The number of rotatable bonds is 4. The van der Waals surface area contributed by atoms with Gasteiger partial charge in [0.05, 0.1) is 5.69 Å². The van der Waals surface area contributed by atoms with Crippen molar-refractivity contribution in [3.05, 3.63) is 46.5 Å². The smallest absolute Gasteiger partial charge is 0.344 e. The van der Waals surface area contributed by atoms with Crippen LogP contribution in [0.15, 0.2) is 35.4 Å². The van der Waals surface area contributed by atoms with E-state index in [-0.39, 0.29) is 5.56 Å². The summed E-state index contributed by atoms with van der Waals surface area (Å²) < 4.78 is 5.42. The van der Waals surface area contributed by atoms with E-state index in [2.05, 4.69) is 15.2 Å². The average molecular weight is 342 g/mol. The van der Waals surface area contributed by atoms with E-state index < -0.39 is 23.0 Å². The van der Waals surface area contributed by atoms with Gasteiger partial charge in [0.1, 0.15) is 5.56 Å². The number of aromatic amines is 1. The minimum Gasteiger partial charge on any atom is -0.445 e. The highest BCUT2D eigenvalue weighted by Gasteiger charge is 2.42. The van der Waals surface area contributed by atoms with E-state index in [1.807, 2.05) is 0 Å². The monoisotopic (exact) mass is 342 g/mol. The van der Waals surface area contributed by atoms with Crippen LogP contribution in [0.25, 0.3) is 11.3 Å². The zero-order valence-electron chi connectivity index (χ0n) is 13.5. The minimum absolute atomic E-state index is 0.215. The number of carbonyl (C=O) groups excluding carboxylic acids is 2. The molecule has 0 aliphatic heterocycles. The number of H-pyrrole nitrogens is 1. The third-order valence-corrected chi connectivity index (χ3v) is 4.40. The Hall–Kier alpha value is -3.03. The van der Waals surface area contributed by atoms with Crippen LogP contribution in [-0.2, 0) is 9.53 Å². The molecule has 0 aromatic carbocycles. The summed E-state index contributed by atoms with van der Waals surface area (Å²) in [6, 6.07) is 4.73. The van der Waals surface area contributed by atoms with Gasteiger partial charge >= 0.3 is 5.97 Å². The first-order chi connectivity index (χ1) is 12.0. The quantitative estimate of drug-likeness (QED) is 0.803. The van der Waals surface area contributed by atoms with Crippen molar-refractivity contribution in [1.29, 1.82) is 0 Å². The molecule has 2 aromatic heterocycles. The fourth-order valence-corrected chi connectivity index (χ4v) is 2.98. The van der Waals surface area contributed by atoms with Crippen LogP contribution in [0, 0.1) is 0 Å². The zero-order chi connectivity index (χ0) is 17.9. The lowest BCUT2D eigenvalue weighted by Crippen LogP contribution is -2.49. The Morgan fingerprint density at radius 2 is 1.84 bits per heavy atom. The number of primary amides is 1. The van der Waals surface area contributed by atoms with E-state index in [0.717, 1.165) is 19.3 Å². The van der Waals surface area contributed by atoms with Crippen LogP contribution in [0.3, 0.4) is 0 Å². The van der Waals surface area contributed by atoms with Crippen molar-refractivity contribution in [2.45, 2.75) is 37.7 Å². The second-order valence-corrected chi connectivity index (χ2v) is 6.04. The molecule has 0 bridgehead atoms. The van der Waals surface area contributed by atoms with E-state index in [1.165, 1.54) is 6.07 Å². The van der Waals surface area contributed by atoms with Crippen molar-refractivity contribution in [3.8, 4) is 11.3 Å². The molecule has 0 radical (unpaired) electrons. The molecule has 3 rings (SSSR count). The van der Waals surface area contributed by atoms with E-state index in [9.17, 15) is 14.4 Å². The molecular weight excluding hydrogens is 324 g/mol. The molecule has 0 unspecified atom stereocenters. The first-order valence-corrected chi connectivity index (χ1v) is 8.05. The third kappa shape index (κ3) is 3.42. The number of nitrogens with one attached hydrogen (secondary N) is 1. The molecule has 8 heteroatoms. The maximum Gasteiger partial charge on any atom is 0.344 e.